The number of morpholine rings is 1. The van der Waals surface area contributed by atoms with Crippen LogP contribution in [-0.2, 0) is 14.6 Å². The maximum absolute atomic E-state index is 15.6. The molecule has 2 atom stereocenters. The summed E-state index contributed by atoms with van der Waals surface area (Å²) in [7, 11) is -3.73. The van der Waals surface area contributed by atoms with E-state index in [4.69, 9.17) is 9.72 Å². The molecule has 3 aromatic rings. The summed E-state index contributed by atoms with van der Waals surface area (Å²) in [5.41, 5.74) is 8.63. The molecule has 4 heterocycles. The van der Waals surface area contributed by atoms with Crippen molar-refractivity contribution in [2.24, 2.45) is 0 Å². The molecule has 0 aliphatic carbocycles. The van der Waals surface area contributed by atoms with E-state index >= 15 is 4.39 Å². The molecule has 2 saturated heterocycles. The summed E-state index contributed by atoms with van der Waals surface area (Å²) < 4.78 is 45.5. The van der Waals surface area contributed by atoms with Gasteiger partial charge in [0, 0.05) is 36.5 Å². The number of aromatic nitrogens is 2. The molecule has 0 radical (unpaired) electrons. The molecule has 2 N–H and O–H groups in total. The molecule has 10 heteroatoms. The second kappa shape index (κ2) is 8.60. The number of rotatable bonds is 4. The van der Waals surface area contributed by atoms with Crippen LogP contribution in [0.15, 0.2) is 41.4 Å². The minimum absolute atomic E-state index is 0.0291. The van der Waals surface area contributed by atoms with Crippen LogP contribution in [-0.4, -0.2) is 57.0 Å². The Kier molecular flexibility index (Phi) is 5.77. The van der Waals surface area contributed by atoms with Gasteiger partial charge in [0.25, 0.3) is 0 Å². The van der Waals surface area contributed by atoms with Gasteiger partial charge in [-0.15, -0.1) is 0 Å². The van der Waals surface area contributed by atoms with Crippen molar-refractivity contribution in [3.05, 3.63) is 48.0 Å². The third kappa shape index (κ3) is 4.08. The largest absolute Gasteiger partial charge is 0.377 e. The summed E-state index contributed by atoms with van der Waals surface area (Å²) in [6.07, 6.45) is 3.55. The predicted octanol–water partition coefficient (Wildman–Crippen LogP) is 2.60. The fourth-order valence-electron chi connectivity index (χ4n) is 4.55. The van der Waals surface area contributed by atoms with Crippen molar-refractivity contribution in [3.63, 3.8) is 0 Å². The minimum Gasteiger partial charge on any atom is -0.377 e. The molecule has 0 amide bonds. The highest BCUT2D eigenvalue weighted by Gasteiger charge is 2.27. The van der Waals surface area contributed by atoms with Crippen molar-refractivity contribution in [1.29, 1.82) is 0 Å². The van der Waals surface area contributed by atoms with Gasteiger partial charge in [0.1, 0.15) is 16.5 Å². The van der Waals surface area contributed by atoms with Gasteiger partial charge in [-0.3, -0.25) is 10.4 Å². The number of hydrazine groups is 1. The highest BCUT2D eigenvalue weighted by Crippen LogP contribution is 2.37. The first-order chi connectivity index (χ1) is 15.8. The van der Waals surface area contributed by atoms with Gasteiger partial charge in [-0.1, -0.05) is 12.1 Å². The van der Waals surface area contributed by atoms with Crippen molar-refractivity contribution in [1.82, 2.24) is 20.8 Å². The van der Waals surface area contributed by atoms with E-state index in [-0.39, 0.29) is 22.5 Å². The average molecular weight is 472 g/mol. The van der Waals surface area contributed by atoms with Crippen LogP contribution < -0.4 is 15.8 Å². The molecule has 1 unspecified atom stereocenters. The van der Waals surface area contributed by atoms with Crippen molar-refractivity contribution >= 4 is 26.6 Å². The number of sulfone groups is 1. The van der Waals surface area contributed by atoms with Crippen molar-refractivity contribution < 1.29 is 17.5 Å². The fourth-order valence-corrected chi connectivity index (χ4v) is 5.31. The van der Waals surface area contributed by atoms with Gasteiger partial charge < -0.3 is 9.64 Å². The van der Waals surface area contributed by atoms with E-state index in [9.17, 15) is 8.42 Å². The Morgan fingerprint density at radius 2 is 2.09 bits per heavy atom. The standard InChI is InChI=1S/C23H26FN5O3S/c1-14-13-32-11-10-29(14)20-12-17(15-4-3-5-19(21(15)24)33(2,30)31)16-6-8-25-23(22(16)27-20)18-7-9-26-28-18/h3-6,8,12,14,18,26,28H,7,9-11,13H2,1-2H3/t14-,18?/m1/s1. The number of anilines is 1. The number of fused-ring (bicyclic) bond motifs is 1. The fraction of sp³-hybridized carbons (Fsp3) is 0.391. The Hall–Kier alpha value is -2.66. The van der Waals surface area contributed by atoms with E-state index in [1.807, 2.05) is 12.1 Å². The zero-order chi connectivity index (χ0) is 23.2. The molecule has 2 fully saturated rings. The molecule has 5 rings (SSSR count). The van der Waals surface area contributed by atoms with Crippen LogP contribution in [0.1, 0.15) is 25.1 Å². The van der Waals surface area contributed by atoms with Crippen molar-refractivity contribution in [2.75, 3.05) is 37.5 Å². The number of nitrogens with zero attached hydrogens (tertiary/aromatic N) is 3. The molecule has 0 bridgehead atoms. The molecule has 1 aromatic carbocycles. The van der Waals surface area contributed by atoms with Gasteiger partial charge in [-0.05, 0) is 37.1 Å². The third-order valence-corrected chi connectivity index (χ3v) is 7.34. The number of benzene rings is 1. The first-order valence-corrected chi connectivity index (χ1v) is 12.8. The zero-order valence-corrected chi connectivity index (χ0v) is 19.3. The first-order valence-electron chi connectivity index (χ1n) is 11.0. The molecular formula is C23H26FN5O3S. The van der Waals surface area contributed by atoms with Gasteiger partial charge in [0.15, 0.2) is 9.84 Å². The zero-order valence-electron chi connectivity index (χ0n) is 18.5. The highest BCUT2D eigenvalue weighted by atomic mass is 32.2. The van der Waals surface area contributed by atoms with E-state index in [1.165, 1.54) is 6.07 Å². The number of ether oxygens (including phenoxy) is 1. The number of halogens is 1. The van der Waals surface area contributed by atoms with E-state index < -0.39 is 15.7 Å². The highest BCUT2D eigenvalue weighted by molar-refractivity contribution is 7.90. The third-order valence-electron chi connectivity index (χ3n) is 6.22. The lowest BCUT2D eigenvalue weighted by molar-refractivity contribution is 0.0986. The first kappa shape index (κ1) is 22.1. The van der Waals surface area contributed by atoms with Crippen LogP contribution in [0.4, 0.5) is 10.2 Å². The molecule has 2 aromatic heterocycles. The Bertz CT molecular complexity index is 1310. The number of hydrogen-bond acceptors (Lipinski definition) is 8. The summed E-state index contributed by atoms with van der Waals surface area (Å²) in [4.78, 5) is 11.4. The molecule has 2 aliphatic rings. The van der Waals surface area contributed by atoms with E-state index in [1.54, 1.807) is 18.3 Å². The van der Waals surface area contributed by atoms with E-state index in [2.05, 4.69) is 27.7 Å². The Morgan fingerprint density at radius 1 is 1.24 bits per heavy atom. The monoisotopic (exact) mass is 471 g/mol. The van der Waals surface area contributed by atoms with Crippen LogP contribution in [0.25, 0.3) is 22.0 Å². The smallest absolute Gasteiger partial charge is 0.178 e. The van der Waals surface area contributed by atoms with Crippen LogP contribution in [0.5, 0.6) is 0 Å². The van der Waals surface area contributed by atoms with Crippen molar-refractivity contribution in [3.8, 4) is 11.1 Å². The average Bonchev–Trinajstić information content (AvgIpc) is 3.32. The molecule has 2 aliphatic heterocycles. The Labute approximate surface area is 192 Å². The molecule has 8 nitrogen and oxygen atoms in total. The van der Waals surface area contributed by atoms with Gasteiger partial charge in [0.2, 0.25) is 0 Å². The van der Waals surface area contributed by atoms with Gasteiger partial charge in [-0.2, -0.15) is 0 Å². The Balaban J connectivity index is 1.79. The van der Waals surface area contributed by atoms with Crippen LogP contribution >= 0.6 is 0 Å². The van der Waals surface area contributed by atoms with Gasteiger partial charge >= 0.3 is 0 Å². The molecule has 174 valence electrons. The predicted molar refractivity (Wildman–Crippen MR) is 124 cm³/mol. The lowest BCUT2D eigenvalue weighted by atomic mass is 9.98. The van der Waals surface area contributed by atoms with E-state index in [0.717, 1.165) is 30.3 Å². The molecule has 0 spiro atoms. The number of hydrogen-bond donors (Lipinski definition) is 2. The van der Waals surface area contributed by atoms with Gasteiger partial charge in [-0.25, -0.2) is 23.2 Å². The van der Waals surface area contributed by atoms with E-state index in [0.29, 0.717) is 36.7 Å². The van der Waals surface area contributed by atoms with Gasteiger partial charge in [0.05, 0.1) is 36.5 Å². The van der Waals surface area contributed by atoms with Crippen LogP contribution in [0, 0.1) is 5.82 Å². The maximum Gasteiger partial charge on any atom is 0.178 e. The number of nitrogens with one attached hydrogen (secondary N) is 2. The minimum atomic E-state index is -3.73. The summed E-state index contributed by atoms with van der Waals surface area (Å²) >= 11 is 0. The maximum atomic E-state index is 15.6. The summed E-state index contributed by atoms with van der Waals surface area (Å²) in [5.74, 6) is -0.0647. The molecule has 0 saturated carbocycles. The lowest BCUT2D eigenvalue weighted by Crippen LogP contribution is -2.44. The van der Waals surface area contributed by atoms with Crippen molar-refractivity contribution in [2.45, 2.75) is 30.3 Å². The number of pyridine rings is 2. The summed E-state index contributed by atoms with van der Waals surface area (Å²) in [6.45, 7) is 4.67. The topological polar surface area (TPSA) is 96.5 Å². The Morgan fingerprint density at radius 3 is 2.82 bits per heavy atom. The normalized spacial score (nSPS) is 21.6. The second-order valence-corrected chi connectivity index (χ2v) is 10.5. The molecular weight excluding hydrogens is 445 g/mol. The molecule has 33 heavy (non-hydrogen) atoms. The summed E-state index contributed by atoms with van der Waals surface area (Å²) in [6, 6.07) is 8.20. The quantitative estimate of drug-likeness (QED) is 0.600. The second-order valence-electron chi connectivity index (χ2n) is 8.54. The SMILES string of the molecule is C[C@@H]1COCCN1c1cc(-c2cccc(S(C)(=O)=O)c2F)c2ccnc(C3CCNN3)c2n1. The van der Waals surface area contributed by atoms with Crippen LogP contribution in [0.2, 0.25) is 0 Å². The van der Waals surface area contributed by atoms with Crippen LogP contribution in [0.3, 0.4) is 0 Å². The summed E-state index contributed by atoms with van der Waals surface area (Å²) in [5, 5.41) is 0.725. The lowest BCUT2D eigenvalue weighted by Gasteiger charge is -2.34.